The Morgan fingerprint density at radius 1 is 1.38 bits per heavy atom. The molecule has 0 radical (unpaired) electrons. The topological polar surface area (TPSA) is 113 Å². The van der Waals surface area contributed by atoms with Gasteiger partial charge in [-0.05, 0) is 26.0 Å². The Morgan fingerprint density at radius 2 is 2.19 bits per heavy atom. The summed E-state index contributed by atoms with van der Waals surface area (Å²) >= 11 is 0. The van der Waals surface area contributed by atoms with Crippen molar-refractivity contribution in [1.82, 2.24) is 25.2 Å². The van der Waals surface area contributed by atoms with E-state index >= 15 is 0 Å². The normalized spacial score (nSPS) is 11.9. The molecule has 2 heterocycles. The van der Waals surface area contributed by atoms with E-state index in [1.54, 1.807) is 13.0 Å². The van der Waals surface area contributed by atoms with Gasteiger partial charge in [0.05, 0.1) is 11.4 Å². The number of nitrogens with one attached hydrogen (secondary N) is 3. The fourth-order valence-electron chi connectivity index (χ4n) is 1.73. The van der Waals surface area contributed by atoms with Crippen LogP contribution in [0.2, 0.25) is 0 Å². The van der Waals surface area contributed by atoms with Crippen molar-refractivity contribution in [3.8, 4) is 0 Å². The third-order valence-electron chi connectivity index (χ3n) is 2.75. The van der Waals surface area contributed by atoms with Crippen molar-refractivity contribution in [2.75, 3.05) is 6.54 Å². The van der Waals surface area contributed by atoms with Gasteiger partial charge in [0, 0.05) is 18.4 Å². The Bertz CT molecular complexity index is 677. The summed E-state index contributed by atoms with van der Waals surface area (Å²) in [6.07, 6.45) is 2.49. The Labute approximate surface area is 123 Å². The molecule has 0 amide bonds. The third-order valence-corrected chi connectivity index (χ3v) is 4.13. The molecule has 21 heavy (non-hydrogen) atoms. The van der Waals surface area contributed by atoms with E-state index in [4.69, 9.17) is 4.52 Å². The van der Waals surface area contributed by atoms with Crippen LogP contribution in [0.5, 0.6) is 0 Å². The summed E-state index contributed by atoms with van der Waals surface area (Å²) in [6, 6.07) is 1.60. The molecule has 2 aromatic rings. The summed E-state index contributed by atoms with van der Waals surface area (Å²) in [7, 11) is -3.60. The molecular formula is C12H19N5O3S. The first-order chi connectivity index (χ1) is 10.0. The maximum Gasteiger partial charge on any atom is 0.242 e. The van der Waals surface area contributed by atoms with E-state index in [0.717, 1.165) is 18.7 Å². The van der Waals surface area contributed by atoms with Crippen molar-refractivity contribution in [3.63, 3.8) is 0 Å². The monoisotopic (exact) mass is 313 g/mol. The smallest absolute Gasteiger partial charge is 0.242 e. The Balaban J connectivity index is 1.95. The number of hydrogen-bond acceptors (Lipinski definition) is 6. The van der Waals surface area contributed by atoms with Gasteiger partial charge in [-0.15, -0.1) is 0 Å². The van der Waals surface area contributed by atoms with Gasteiger partial charge < -0.3 is 14.8 Å². The highest BCUT2D eigenvalue weighted by molar-refractivity contribution is 7.89. The number of aromatic amines is 1. The summed E-state index contributed by atoms with van der Waals surface area (Å²) in [6.45, 7) is 5.20. The number of H-pyrrole nitrogens is 1. The molecule has 0 bridgehead atoms. The summed E-state index contributed by atoms with van der Waals surface area (Å²) < 4.78 is 31.5. The molecular weight excluding hydrogens is 294 g/mol. The first-order valence-electron chi connectivity index (χ1n) is 6.68. The zero-order chi connectivity index (χ0) is 15.3. The number of aromatic nitrogens is 3. The van der Waals surface area contributed by atoms with Gasteiger partial charge in [-0.3, -0.25) is 0 Å². The van der Waals surface area contributed by atoms with Crippen LogP contribution in [0.15, 0.2) is 21.7 Å². The lowest BCUT2D eigenvalue weighted by molar-refractivity contribution is 0.372. The highest BCUT2D eigenvalue weighted by atomic mass is 32.2. The summed E-state index contributed by atoms with van der Waals surface area (Å²) in [5.41, 5.74) is 0.817. The van der Waals surface area contributed by atoms with Gasteiger partial charge in [-0.2, -0.15) is 4.98 Å². The molecule has 0 aliphatic heterocycles. The van der Waals surface area contributed by atoms with Gasteiger partial charge >= 0.3 is 0 Å². The van der Waals surface area contributed by atoms with Crippen molar-refractivity contribution < 1.29 is 12.9 Å². The van der Waals surface area contributed by atoms with Gasteiger partial charge in [0.15, 0.2) is 5.82 Å². The van der Waals surface area contributed by atoms with Gasteiger partial charge in [-0.25, -0.2) is 13.1 Å². The van der Waals surface area contributed by atoms with Crippen LogP contribution >= 0.6 is 0 Å². The number of hydrogen-bond donors (Lipinski definition) is 3. The van der Waals surface area contributed by atoms with E-state index in [2.05, 4.69) is 32.1 Å². The largest absolute Gasteiger partial charge is 0.363 e. The van der Waals surface area contributed by atoms with Crippen LogP contribution in [0.4, 0.5) is 0 Å². The molecule has 9 heteroatoms. The highest BCUT2D eigenvalue weighted by Crippen LogP contribution is 2.11. The standard InChI is InChI=1S/C12H19N5O3S/c1-3-4-13-6-10-5-11(7-14-10)21(18,19)15-8-12-16-9(2)17-20-12/h5,7,13-15H,3-4,6,8H2,1-2H3. The van der Waals surface area contributed by atoms with Crippen molar-refractivity contribution >= 4 is 10.0 Å². The molecule has 116 valence electrons. The first-order valence-corrected chi connectivity index (χ1v) is 8.16. The quantitative estimate of drug-likeness (QED) is 0.618. The van der Waals surface area contributed by atoms with Crippen LogP contribution in [0, 0.1) is 6.92 Å². The van der Waals surface area contributed by atoms with Crippen LogP contribution in [-0.2, 0) is 23.1 Å². The lowest BCUT2D eigenvalue weighted by Gasteiger charge is -2.01. The molecule has 0 fully saturated rings. The van der Waals surface area contributed by atoms with Crippen molar-refractivity contribution in [2.24, 2.45) is 0 Å². The molecule has 3 N–H and O–H groups in total. The zero-order valence-electron chi connectivity index (χ0n) is 12.0. The Morgan fingerprint density at radius 3 is 2.86 bits per heavy atom. The lowest BCUT2D eigenvalue weighted by Crippen LogP contribution is -2.23. The molecule has 0 saturated heterocycles. The second-order valence-corrected chi connectivity index (χ2v) is 6.36. The Kier molecular flexibility index (Phi) is 5.10. The SMILES string of the molecule is CCCNCc1cc(S(=O)(=O)NCc2nc(C)no2)c[nH]1. The number of nitrogens with zero attached hydrogens (tertiary/aromatic N) is 2. The predicted octanol–water partition coefficient (Wildman–Crippen LogP) is 0.684. The van der Waals surface area contributed by atoms with E-state index in [0.29, 0.717) is 12.4 Å². The average molecular weight is 313 g/mol. The molecule has 0 aliphatic rings. The second-order valence-electron chi connectivity index (χ2n) is 4.60. The molecule has 0 spiro atoms. The van der Waals surface area contributed by atoms with Crippen LogP contribution in [0.3, 0.4) is 0 Å². The molecule has 0 aromatic carbocycles. The zero-order valence-corrected chi connectivity index (χ0v) is 12.8. The molecule has 0 saturated carbocycles. The minimum Gasteiger partial charge on any atom is -0.363 e. The molecule has 8 nitrogen and oxygen atoms in total. The molecule has 0 unspecified atom stereocenters. The number of rotatable bonds is 8. The van der Waals surface area contributed by atoms with E-state index in [-0.39, 0.29) is 17.3 Å². The third kappa shape index (κ3) is 4.38. The van der Waals surface area contributed by atoms with Gasteiger partial charge in [0.2, 0.25) is 15.9 Å². The first kappa shape index (κ1) is 15.7. The van der Waals surface area contributed by atoms with E-state index in [1.807, 2.05) is 0 Å². The van der Waals surface area contributed by atoms with E-state index < -0.39 is 10.0 Å². The van der Waals surface area contributed by atoms with E-state index in [9.17, 15) is 8.42 Å². The maximum atomic E-state index is 12.1. The van der Waals surface area contributed by atoms with Crippen LogP contribution in [-0.4, -0.2) is 30.1 Å². The van der Waals surface area contributed by atoms with Crippen molar-refractivity contribution in [2.45, 2.75) is 38.3 Å². The van der Waals surface area contributed by atoms with Crippen molar-refractivity contribution in [1.29, 1.82) is 0 Å². The Hall–Kier alpha value is -1.71. The summed E-state index contributed by atoms with van der Waals surface area (Å²) in [5.74, 6) is 0.701. The fraction of sp³-hybridized carbons (Fsp3) is 0.500. The summed E-state index contributed by atoms with van der Waals surface area (Å²) in [5, 5.41) is 6.80. The van der Waals surface area contributed by atoms with Crippen molar-refractivity contribution in [3.05, 3.63) is 29.7 Å². The van der Waals surface area contributed by atoms with E-state index in [1.165, 1.54) is 6.20 Å². The predicted molar refractivity (Wildman–Crippen MR) is 75.9 cm³/mol. The average Bonchev–Trinajstić information content (AvgIpc) is 3.06. The number of sulfonamides is 1. The highest BCUT2D eigenvalue weighted by Gasteiger charge is 2.17. The lowest BCUT2D eigenvalue weighted by atomic mass is 10.4. The molecule has 0 atom stereocenters. The minimum atomic E-state index is -3.60. The molecule has 0 aliphatic carbocycles. The summed E-state index contributed by atoms with van der Waals surface area (Å²) in [4.78, 5) is 7.07. The van der Waals surface area contributed by atoms with Gasteiger partial charge in [-0.1, -0.05) is 12.1 Å². The number of aryl methyl sites for hydroxylation is 1. The molecule has 2 rings (SSSR count). The van der Waals surface area contributed by atoms with Crippen LogP contribution in [0.1, 0.15) is 30.8 Å². The van der Waals surface area contributed by atoms with Gasteiger partial charge in [0.25, 0.3) is 0 Å². The molecule has 2 aromatic heterocycles. The maximum absolute atomic E-state index is 12.1. The fourth-order valence-corrected chi connectivity index (χ4v) is 2.72. The minimum absolute atomic E-state index is 0.0300. The second kappa shape index (κ2) is 6.83. The van der Waals surface area contributed by atoms with Crippen LogP contribution < -0.4 is 10.0 Å². The van der Waals surface area contributed by atoms with Gasteiger partial charge in [0.1, 0.15) is 0 Å². The van der Waals surface area contributed by atoms with Crippen LogP contribution in [0.25, 0.3) is 0 Å².